The van der Waals surface area contributed by atoms with Crippen LogP contribution in [0.2, 0.25) is 0 Å². The number of rotatable bonds is 5. The molecule has 0 amide bonds. The van der Waals surface area contributed by atoms with E-state index in [9.17, 15) is 10.2 Å². The van der Waals surface area contributed by atoms with Crippen LogP contribution in [-0.4, -0.2) is 30.1 Å². The Morgan fingerprint density at radius 1 is 0.340 bits per heavy atom. The number of para-hydroxylation sites is 8. The Morgan fingerprint density at radius 2 is 0.580 bits per heavy atom. The summed E-state index contributed by atoms with van der Waals surface area (Å²) in [6.45, 7) is 0. The molecule has 0 radical (unpaired) electrons. The van der Waals surface area contributed by atoms with Crippen molar-refractivity contribution in [3.05, 3.63) is 121 Å². The van der Waals surface area contributed by atoms with Gasteiger partial charge in [0, 0.05) is 0 Å². The Kier molecular flexibility index (Phi) is 5.94. The highest BCUT2D eigenvalue weighted by Gasteiger charge is 2.25. The van der Waals surface area contributed by atoms with E-state index in [-0.39, 0.29) is 35.1 Å². The fourth-order valence-corrected chi connectivity index (χ4v) is 6.20. The third-order valence-corrected chi connectivity index (χ3v) is 8.65. The molecule has 2 N–H and O–H groups in total. The number of nitrogens with zero attached hydrogens (tertiary/aromatic N) is 4. The molecule has 0 saturated heterocycles. The van der Waals surface area contributed by atoms with Crippen LogP contribution >= 0.6 is 0 Å². The van der Waals surface area contributed by atoms with Crippen LogP contribution in [0.4, 0.5) is 0 Å². The average Bonchev–Trinajstić information content (AvgIpc) is 3.95. The lowest BCUT2D eigenvalue weighted by Crippen LogP contribution is -1.91. The van der Waals surface area contributed by atoms with Gasteiger partial charge in [0.15, 0.2) is 22.3 Å². The Bertz CT molecular complexity index is 2410. The van der Waals surface area contributed by atoms with Crippen LogP contribution in [-0.2, 0) is 0 Å². The average molecular weight is 655 g/mol. The Labute approximate surface area is 281 Å². The number of aromatic nitrogens is 4. The minimum atomic E-state index is -0.121. The summed E-state index contributed by atoms with van der Waals surface area (Å²) in [7, 11) is 0. The lowest BCUT2D eigenvalue weighted by atomic mass is 9.94. The number of benzene rings is 6. The van der Waals surface area contributed by atoms with Crippen molar-refractivity contribution in [1.29, 1.82) is 0 Å². The Balaban J connectivity index is 1.25. The number of hydrogen-bond acceptors (Lipinski definition) is 10. The maximum absolute atomic E-state index is 11.8. The molecular formula is C40H22N4O6. The highest BCUT2D eigenvalue weighted by molar-refractivity contribution is 5.91. The second-order valence-electron chi connectivity index (χ2n) is 11.8. The van der Waals surface area contributed by atoms with Gasteiger partial charge in [0.25, 0.3) is 0 Å². The molecule has 0 fully saturated rings. The van der Waals surface area contributed by atoms with Gasteiger partial charge in [0.05, 0.1) is 22.3 Å². The lowest BCUT2D eigenvalue weighted by Gasteiger charge is -2.13. The highest BCUT2D eigenvalue weighted by atomic mass is 16.4. The van der Waals surface area contributed by atoms with Crippen LogP contribution < -0.4 is 0 Å². The molecule has 10 aromatic rings. The Hall–Kier alpha value is -7.20. The Morgan fingerprint density at radius 3 is 0.820 bits per heavy atom. The molecule has 0 atom stereocenters. The summed E-state index contributed by atoms with van der Waals surface area (Å²) >= 11 is 0. The second-order valence-corrected chi connectivity index (χ2v) is 11.8. The van der Waals surface area contributed by atoms with Gasteiger partial charge < -0.3 is 27.9 Å². The topological polar surface area (TPSA) is 145 Å². The molecule has 4 heterocycles. The monoisotopic (exact) mass is 654 g/mol. The molecule has 0 aliphatic heterocycles. The molecule has 10 rings (SSSR count). The highest BCUT2D eigenvalue weighted by Crippen LogP contribution is 2.46. The largest absolute Gasteiger partial charge is 0.506 e. The van der Waals surface area contributed by atoms with E-state index in [2.05, 4.69) is 19.9 Å². The summed E-state index contributed by atoms with van der Waals surface area (Å²) in [5.41, 5.74) is 7.31. The van der Waals surface area contributed by atoms with E-state index < -0.39 is 0 Å². The molecule has 10 heteroatoms. The summed E-state index contributed by atoms with van der Waals surface area (Å²) in [5, 5.41) is 23.6. The second kappa shape index (κ2) is 10.7. The van der Waals surface area contributed by atoms with Gasteiger partial charge >= 0.3 is 0 Å². The summed E-state index contributed by atoms with van der Waals surface area (Å²) in [5.74, 6) is 0.591. The molecule has 6 aromatic carbocycles. The van der Waals surface area contributed by atoms with Crippen LogP contribution in [0.1, 0.15) is 0 Å². The maximum atomic E-state index is 11.8. The van der Waals surface area contributed by atoms with Gasteiger partial charge in [-0.3, -0.25) is 0 Å². The number of phenolic OH excluding ortho intramolecular Hbond substituents is 2. The van der Waals surface area contributed by atoms with Crippen molar-refractivity contribution in [3.8, 4) is 68.4 Å². The first-order valence-corrected chi connectivity index (χ1v) is 15.7. The third-order valence-electron chi connectivity index (χ3n) is 8.65. The van der Waals surface area contributed by atoms with Crippen molar-refractivity contribution in [2.24, 2.45) is 0 Å². The van der Waals surface area contributed by atoms with Gasteiger partial charge in [-0.25, -0.2) is 19.9 Å². The summed E-state index contributed by atoms with van der Waals surface area (Å²) in [4.78, 5) is 18.7. The van der Waals surface area contributed by atoms with Crippen molar-refractivity contribution >= 4 is 44.4 Å². The molecule has 50 heavy (non-hydrogen) atoms. The van der Waals surface area contributed by atoms with E-state index in [1.165, 1.54) is 0 Å². The van der Waals surface area contributed by atoms with Crippen LogP contribution in [0, 0.1) is 0 Å². The summed E-state index contributed by atoms with van der Waals surface area (Å²) in [6.07, 6.45) is 0. The third kappa shape index (κ3) is 4.43. The number of phenols is 2. The molecule has 0 aliphatic rings. The first kappa shape index (κ1) is 27.9. The van der Waals surface area contributed by atoms with Crippen LogP contribution in [0.25, 0.3) is 101 Å². The van der Waals surface area contributed by atoms with Crippen molar-refractivity contribution in [3.63, 3.8) is 0 Å². The van der Waals surface area contributed by atoms with Crippen LogP contribution in [0.15, 0.2) is 139 Å². The summed E-state index contributed by atoms with van der Waals surface area (Å²) in [6, 6.07) is 36.6. The zero-order valence-electron chi connectivity index (χ0n) is 25.9. The minimum Gasteiger partial charge on any atom is -0.506 e. The van der Waals surface area contributed by atoms with Gasteiger partial charge in [0.1, 0.15) is 33.6 Å². The SMILES string of the molecule is Oc1c(-c2nc3ccccc3o2)cc(-c2cc(-c3nc4ccccc4o3)c(O)c(-c3nc4ccccc4o3)c2)cc1-c1nc2ccccc2o1. The quantitative estimate of drug-likeness (QED) is 0.184. The van der Waals surface area contributed by atoms with E-state index in [4.69, 9.17) is 17.7 Å². The molecule has 238 valence electrons. The van der Waals surface area contributed by atoms with Crippen molar-refractivity contribution in [1.82, 2.24) is 19.9 Å². The van der Waals surface area contributed by atoms with Crippen LogP contribution in [0.3, 0.4) is 0 Å². The predicted octanol–water partition coefficient (Wildman–Crippen LogP) is 10.00. The zero-order chi connectivity index (χ0) is 33.3. The van der Waals surface area contributed by atoms with Gasteiger partial charge in [-0.05, 0) is 83.9 Å². The number of aromatic hydroxyl groups is 2. The fourth-order valence-electron chi connectivity index (χ4n) is 6.20. The molecule has 4 aromatic heterocycles. The molecule has 0 bridgehead atoms. The van der Waals surface area contributed by atoms with E-state index >= 15 is 0 Å². The number of oxazole rings is 4. The van der Waals surface area contributed by atoms with E-state index in [1.54, 1.807) is 24.3 Å². The summed E-state index contributed by atoms with van der Waals surface area (Å²) < 4.78 is 24.5. The normalized spacial score (nSPS) is 11.8. The first-order valence-electron chi connectivity index (χ1n) is 15.7. The van der Waals surface area contributed by atoms with Gasteiger partial charge in [0.2, 0.25) is 23.6 Å². The lowest BCUT2D eigenvalue weighted by molar-refractivity contribution is 0.472. The zero-order valence-corrected chi connectivity index (χ0v) is 25.9. The van der Waals surface area contributed by atoms with Gasteiger partial charge in [-0.15, -0.1) is 0 Å². The van der Waals surface area contributed by atoms with Crippen molar-refractivity contribution in [2.45, 2.75) is 0 Å². The molecule has 0 aliphatic carbocycles. The number of hydrogen-bond donors (Lipinski definition) is 2. The fraction of sp³-hybridized carbons (Fsp3) is 0. The molecule has 0 spiro atoms. The molecule has 0 saturated carbocycles. The van der Waals surface area contributed by atoms with E-state index in [0.29, 0.717) is 77.8 Å². The predicted molar refractivity (Wildman–Crippen MR) is 187 cm³/mol. The standard InChI is InChI=1S/C40H22N4O6/c45-35-23(37-41-27-9-1-5-13-31(27)47-37)17-21(18-24(35)38-42-28-10-2-6-14-32(28)48-38)22-19-25(39-43-29-11-3-7-15-33(29)49-39)36(46)26(20-22)40-44-30-12-4-8-16-34(30)50-40/h1-20,45-46H. The van der Waals surface area contributed by atoms with Gasteiger partial charge in [-0.1, -0.05) is 48.5 Å². The van der Waals surface area contributed by atoms with E-state index in [1.807, 2.05) is 97.1 Å². The van der Waals surface area contributed by atoms with E-state index in [0.717, 1.165) is 0 Å². The smallest absolute Gasteiger partial charge is 0.231 e. The van der Waals surface area contributed by atoms with Crippen LogP contribution in [0.5, 0.6) is 11.5 Å². The van der Waals surface area contributed by atoms with Crippen molar-refractivity contribution < 1.29 is 27.9 Å². The van der Waals surface area contributed by atoms with Crippen molar-refractivity contribution in [2.75, 3.05) is 0 Å². The molecular weight excluding hydrogens is 632 g/mol. The number of fused-ring (bicyclic) bond motifs is 4. The van der Waals surface area contributed by atoms with Gasteiger partial charge in [-0.2, -0.15) is 0 Å². The maximum Gasteiger partial charge on any atom is 0.231 e. The minimum absolute atomic E-state index is 0.121. The first-order chi connectivity index (χ1) is 24.6. The molecule has 0 unspecified atom stereocenters. The molecule has 10 nitrogen and oxygen atoms in total.